The summed E-state index contributed by atoms with van der Waals surface area (Å²) in [6, 6.07) is 6.01. The van der Waals surface area contributed by atoms with Crippen molar-refractivity contribution in [3.8, 4) is 0 Å². The Morgan fingerprint density at radius 1 is 1.20 bits per heavy atom. The van der Waals surface area contributed by atoms with Gasteiger partial charge < -0.3 is 22.1 Å². The van der Waals surface area contributed by atoms with Crippen molar-refractivity contribution in [3.05, 3.63) is 29.6 Å². The molecule has 1 aromatic carbocycles. The SMILES string of the molecule is CCCCCNC(=O)c1nc(NC2CCCCC2N=C(N)N)c2cc(C)ccc2n1. The predicted octanol–water partition coefficient (Wildman–Crippen LogP) is 2.85. The standard InChI is InChI=1S/C22H33N7O/c1-3-4-7-12-25-21(30)20-26-16-11-10-14(2)13-15(16)19(29-20)27-17-8-5-6-9-18(17)28-22(23)24/h10-11,13,17-18H,3-9,12H2,1-2H3,(H,25,30)(H4,23,24,28)(H,26,27,29). The van der Waals surface area contributed by atoms with Crippen LogP contribution < -0.4 is 22.1 Å². The Labute approximate surface area is 177 Å². The number of benzene rings is 1. The van der Waals surface area contributed by atoms with Gasteiger partial charge in [-0.15, -0.1) is 0 Å². The van der Waals surface area contributed by atoms with Crippen LogP contribution in [-0.2, 0) is 0 Å². The third kappa shape index (κ3) is 5.58. The lowest BCUT2D eigenvalue weighted by Crippen LogP contribution is -2.38. The molecule has 30 heavy (non-hydrogen) atoms. The molecule has 6 N–H and O–H groups in total. The number of nitrogens with two attached hydrogens (primary N) is 2. The van der Waals surface area contributed by atoms with Crippen LogP contribution in [0, 0.1) is 6.92 Å². The highest BCUT2D eigenvalue weighted by atomic mass is 16.2. The zero-order valence-corrected chi connectivity index (χ0v) is 17.9. The van der Waals surface area contributed by atoms with Crippen molar-refractivity contribution < 1.29 is 4.79 Å². The highest BCUT2D eigenvalue weighted by molar-refractivity contribution is 5.96. The number of carbonyl (C=O) groups excluding carboxylic acids is 1. The van der Waals surface area contributed by atoms with Gasteiger partial charge in [-0.25, -0.2) is 15.0 Å². The average Bonchev–Trinajstić information content (AvgIpc) is 2.72. The lowest BCUT2D eigenvalue weighted by Gasteiger charge is -2.30. The van der Waals surface area contributed by atoms with E-state index < -0.39 is 0 Å². The molecule has 162 valence electrons. The molecular weight excluding hydrogens is 378 g/mol. The summed E-state index contributed by atoms with van der Waals surface area (Å²) in [5, 5.41) is 7.35. The number of aliphatic imine (C=N–C) groups is 1. The van der Waals surface area contributed by atoms with E-state index >= 15 is 0 Å². The van der Waals surface area contributed by atoms with Gasteiger partial charge in [0.05, 0.1) is 17.6 Å². The van der Waals surface area contributed by atoms with Gasteiger partial charge in [-0.05, 0) is 38.3 Å². The maximum absolute atomic E-state index is 12.7. The molecule has 1 fully saturated rings. The maximum atomic E-state index is 12.7. The summed E-state index contributed by atoms with van der Waals surface area (Å²) in [6.07, 6.45) is 7.19. The second-order valence-electron chi connectivity index (χ2n) is 8.04. The number of hydrogen-bond donors (Lipinski definition) is 4. The van der Waals surface area contributed by atoms with E-state index in [2.05, 4.69) is 32.5 Å². The number of fused-ring (bicyclic) bond motifs is 1. The number of carbonyl (C=O) groups is 1. The number of nitrogens with zero attached hydrogens (tertiary/aromatic N) is 3. The number of rotatable bonds is 8. The number of amides is 1. The van der Waals surface area contributed by atoms with E-state index in [1.807, 2.05) is 25.1 Å². The van der Waals surface area contributed by atoms with E-state index in [1.54, 1.807) is 0 Å². The van der Waals surface area contributed by atoms with E-state index in [0.29, 0.717) is 12.4 Å². The third-order valence-corrected chi connectivity index (χ3v) is 5.49. The van der Waals surface area contributed by atoms with Crippen molar-refractivity contribution in [2.24, 2.45) is 16.5 Å². The van der Waals surface area contributed by atoms with Crippen LogP contribution in [-0.4, -0.2) is 40.5 Å². The molecule has 0 spiro atoms. The van der Waals surface area contributed by atoms with E-state index in [-0.39, 0.29) is 29.8 Å². The summed E-state index contributed by atoms with van der Waals surface area (Å²) in [5.74, 6) is 0.690. The highest BCUT2D eigenvalue weighted by Gasteiger charge is 2.26. The van der Waals surface area contributed by atoms with E-state index in [1.165, 1.54) is 0 Å². The van der Waals surface area contributed by atoms with Gasteiger partial charge in [0.25, 0.3) is 5.91 Å². The van der Waals surface area contributed by atoms with Gasteiger partial charge in [0.1, 0.15) is 5.82 Å². The summed E-state index contributed by atoms with van der Waals surface area (Å²) >= 11 is 0. The first kappa shape index (κ1) is 21.8. The minimum atomic E-state index is -0.249. The Hall–Kier alpha value is -2.90. The van der Waals surface area contributed by atoms with Gasteiger partial charge in [-0.3, -0.25) is 4.79 Å². The fraction of sp³-hybridized carbons (Fsp3) is 0.545. The minimum Gasteiger partial charge on any atom is -0.370 e. The quantitative estimate of drug-likeness (QED) is 0.300. The van der Waals surface area contributed by atoms with Crippen LogP contribution in [0.5, 0.6) is 0 Å². The van der Waals surface area contributed by atoms with E-state index in [4.69, 9.17) is 11.5 Å². The topological polar surface area (TPSA) is 131 Å². The molecule has 2 aromatic rings. The van der Waals surface area contributed by atoms with Crippen molar-refractivity contribution in [3.63, 3.8) is 0 Å². The summed E-state index contributed by atoms with van der Waals surface area (Å²) in [7, 11) is 0. The molecule has 1 aliphatic rings. The third-order valence-electron chi connectivity index (χ3n) is 5.49. The Bertz CT molecular complexity index is 908. The van der Waals surface area contributed by atoms with Crippen LogP contribution in [0.2, 0.25) is 0 Å². The summed E-state index contributed by atoms with van der Waals surface area (Å²) < 4.78 is 0. The predicted molar refractivity (Wildman–Crippen MR) is 122 cm³/mol. The summed E-state index contributed by atoms with van der Waals surface area (Å²) in [5.41, 5.74) is 13.1. The fourth-order valence-electron chi connectivity index (χ4n) is 3.91. The first-order valence-corrected chi connectivity index (χ1v) is 10.9. The lowest BCUT2D eigenvalue weighted by molar-refractivity contribution is 0.0943. The molecule has 2 unspecified atom stereocenters. The number of nitrogens with one attached hydrogen (secondary N) is 2. The van der Waals surface area contributed by atoms with Gasteiger partial charge in [-0.1, -0.05) is 44.2 Å². The summed E-state index contributed by atoms with van der Waals surface area (Å²) in [6.45, 7) is 4.79. The number of unbranched alkanes of at least 4 members (excludes halogenated alkanes) is 2. The molecule has 1 aliphatic carbocycles. The van der Waals surface area contributed by atoms with Gasteiger partial charge in [0.15, 0.2) is 5.96 Å². The molecule has 1 saturated carbocycles. The number of aryl methyl sites for hydroxylation is 1. The molecule has 1 aromatic heterocycles. The monoisotopic (exact) mass is 411 g/mol. The first-order chi connectivity index (χ1) is 14.5. The van der Waals surface area contributed by atoms with Gasteiger partial charge >= 0.3 is 0 Å². The van der Waals surface area contributed by atoms with Crippen LogP contribution in [0.4, 0.5) is 5.82 Å². The largest absolute Gasteiger partial charge is 0.370 e. The van der Waals surface area contributed by atoms with E-state index in [0.717, 1.165) is 61.4 Å². The van der Waals surface area contributed by atoms with Crippen LogP contribution in [0.1, 0.15) is 68.1 Å². The maximum Gasteiger partial charge on any atom is 0.289 e. The van der Waals surface area contributed by atoms with Crippen molar-refractivity contribution >= 4 is 28.6 Å². The molecule has 0 saturated heterocycles. The van der Waals surface area contributed by atoms with Gasteiger partial charge in [0, 0.05) is 11.9 Å². The Balaban J connectivity index is 1.90. The van der Waals surface area contributed by atoms with Crippen LogP contribution in [0.25, 0.3) is 10.9 Å². The Morgan fingerprint density at radius 2 is 2.00 bits per heavy atom. The Morgan fingerprint density at radius 3 is 2.77 bits per heavy atom. The number of aromatic nitrogens is 2. The summed E-state index contributed by atoms with van der Waals surface area (Å²) in [4.78, 5) is 26.2. The fourth-order valence-corrected chi connectivity index (χ4v) is 3.91. The molecule has 1 heterocycles. The van der Waals surface area contributed by atoms with Crippen molar-refractivity contribution in [1.82, 2.24) is 15.3 Å². The molecule has 3 rings (SSSR count). The second-order valence-corrected chi connectivity index (χ2v) is 8.04. The molecular formula is C22H33N7O. The molecule has 8 nitrogen and oxygen atoms in total. The Kier molecular flexibility index (Phi) is 7.43. The smallest absolute Gasteiger partial charge is 0.289 e. The van der Waals surface area contributed by atoms with Crippen LogP contribution in [0.15, 0.2) is 23.2 Å². The number of anilines is 1. The molecule has 2 atom stereocenters. The van der Waals surface area contributed by atoms with Gasteiger partial charge in [0.2, 0.25) is 5.82 Å². The molecule has 8 heteroatoms. The zero-order chi connectivity index (χ0) is 21.5. The number of hydrogen-bond acceptors (Lipinski definition) is 5. The molecule has 0 bridgehead atoms. The van der Waals surface area contributed by atoms with Crippen LogP contribution >= 0.6 is 0 Å². The molecule has 0 aliphatic heterocycles. The normalized spacial score (nSPS) is 18.7. The minimum absolute atomic E-state index is 0.00936. The second kappa shape index (κ2) is 10.2. The van der Waals surface area contributed by atoms with Crippen molar-refractivity contribution in [1.29, 1.82) is 0 Å². The molecule has 1 amide bonds. The lowest BCUT2D eigenvalue weighted by atomic mass is 9.90. The van der Waals surface area contributed by atoms with Gasteiger partial charge in [-0.2, -0.15) is 0 Å². The first-order valence-electron chi connectivity index (χ1n) is 10.9. The highest BCUT2D eigenvalue weighted by Crippen LogP contribution is 2.28. The molecule has 0 radical (unpaired) electrons. The zero-order valence-electron chi connectivity index (χ0n) is 17.9. The van der Waals surface area contributed by atoms with Crippen molar-refractivity contribution in [2.45, 2.75) is 70.9 Å². The van der Waals surface area contributed by atoms with Crippen molar-refractivity contribution in [2.75, 3.05) is 11.9 Å². The number of guanidine groups is 1. The van der Waals surface area contributed by atoms with Crippen LogP contribution in [0.3, 0.4) is 0 Å². The average molecular weight is 412 g/mol. The van der Waals surface area contributed by atoms with E-state index in [9.17, 15) is 4.79 Å².